The number of hydrogen-bond acceptors (Lipinski definition) is 7. The van der Waals surface area contributed by atoms with Crippen LogP contribution in [0.25, 0.3) is 0 Å². The Morgan fingerprint density at radius 2 is 1.85 bits per heavy atom. The van der Waals surface area contributed by atoms with Gasteiger partial charge in [0, 0.05) is 24.4 Å². The van der Waals surface area contributed by atoms with Gasteiger partial charge in [-0.05, 0) is 54.7 Å². The molecule has 3 aromatic rings. The summed E-state index contributed by atoms with van der Waals surface area (Å²) < 4.78 is 41.5. The normalized spacial score (nSPS) is 15.5. The number of rotatable bonds is 7. The molecule has 0 saturated carbocycles. The van der Waals surface area contributed by atoms with E-state index in [4.69, 9.17) is 0 Å². The molecule has 7 nitrogen and oxygen atoms in total. The summed E-state index contributed by atoms with van der Waals surface area (Å²) in [6.45, 7) is 3.15. The van der Waals surface area contributed by atoms with Gasteiger partial charge in [0.2, 0.25) is 15.2 Å². The predicted molar refractivity (Wildman–Crippen MR) is 127 cm³/mol. The fourth-order valence-electron chi connectivity index (χ4n) is 3.40. The van der Waals surface area contributed by atoms with E-state index in [2.05, 4.69) is 22.4 Å². The van der Waals surface area contributed by atoms with E-state index in [0.717, 1.165) is 12.8 Å². The first-order valence-corrected chi connectivity index (χ1v) is 13.7. The molecule has 0 bridgehead atoms. The zero-order valence-corrected chi connectivity index (χ0v) is 20.4. The first-order chi connectivity index (χ1) is 15.8. The molecule has 0 spiro atoms. The smallest absolute Gasteiger partial charge is 0.257 e. The third kappa shape index (κ3) is 5.78. The number of hydrogen-bond donors (Lipinski definition) is 1. The van der Waals surface area contributed by atoms with E-state index < -0.39 is 15.9 Å². The summed E-state index contributed by atoms with van der Waals surface area (Å²) in [6.07, 6.45) is 1.70. The van der Waals surface area contributed by atoms with Crippen molar-refractivity contribution >= 4 is 44.2 Å². The van der Waals surface area contributed by atoms with Gasteiger partial charge < -0.3 is 0 Å². The second-order valence-electron chi connectivity index (χ2n) is 7.82. The van der Waals surface area contributed by atoms with Crippen LogP contribution >= 0.6 is 23.1 Å². The number of benzene rings is 2. The van der Waals surface area contributed by atoms with E-state index in [0.29, 0.717) is 45.4 Å². The van der Waals surface area contributed by atoms with E-state index in [-0.39, 0.29) is 10.7 Å². The van der Waals surface area contributed by atoms with Gasteiger partial charge in [0.05, 0.1) is 4.90 Å². The number of halogens is 1. The number of aromatic nitrogens is 2. The monoisotopic (exact) mass is 506 g/mol. The van der Waals surface area contributed by atoms with Crippen LogP contribution in [0.4, 0.5) is 9.52 Å². The lowest BCUT2D eigenvalue weighted by atomic mass is 10.0. The van der Waals surface area contributed by atoms with E-state index in [1.54, 1.807) is 18.2 Å². The molecule has 2 aromatic carbocycles. The summed E-state index contributed by atoms with van der Waals surface area (Å²) >= 11 is 2.52. The highest BCUT2D eigenvalue weighted by atomic mass is 32.2. The van der Waals surface area contributed by atoms with Gasteiger partial charge in [-0.1, -0.05) is 48.2 Å². The maximum absolute atomic E-state index is 13.7. The Balaban J connectivity index is 1.36. The summed E-state index contributed by atoms with van der Waals surface area (Å²) in [4.78, 5) is 12.7. The third-order valence-corrected chi connectivity index (χ3v) is 9.37. The number of piperidine rings is 1. The van der Waals surface area contributed by atoms with Crippen LogP contribution in [-0.4, -0.2) is 41.9 Å². The van der Waals surface area contributed by atoms with E-state index in [1.807, 2.05) is 0 Å². The molecule has 0 unspecified atom stereocenters. The Labute approximate surface area is 200 Å². The first kappa shape index (κ1) is 23.8. The standard InChI is InChI=1S/C22H23FN4O3S3/c1-15-10-12-27(13-11-15)33(29,30)18-8-6-16(7-9-18)20(28)24-21-25-26-22(32-21)31-14-17-4-2-3-5-19(17)23/h2-9,15H,10-14H2,1H3,(H,24,25,28). The molecule has 1 saturated heterocycles. The molecule has 1 aromatic heterocycles. The molecule has 174 valence electrons. The Hall–Kier alpha value is -2.34. The fourth-order valence-corrected chi connectivity index (χ4v) is 6.60. The number of amides is 1. The van der Waals surface area contributed by atoms with Crippen molar-refractivity contribution in [3.8, 4) is 0 Å². The maximum atomic E-state index is 13.7. The maximum Gasteiger partial charge on any atom is 0.257 e. The van der Waals surface area contributed by atoms with E-state index in [1.165, 1.54) is 57.7 Å². The molecular formula is C22H23FN4O3S3. The van der Waals surface area contributed by atoms with Crippen molar-refractivity contribution in [2.45, 2.75) is 34.8 Å². The predicted octanol–water partition coefficient (Wildman–Crippen LogP) is 4.64. The van der Waals surface area contributed by atoms with Gasteiger partial charge in [0.25, 0.3) is 5.91 Å². The Bertz CT molecular complexity index is 1220. The van der Waals surface area contributed by atoms with Crippen molar-refractivity contribution in [2.75, 3.05) is 18.4 Å². The number of nitrogens with one attached hydrogen (secondary N) is 1. The number of nitrogens with zero attached hydrogens (tertiary/aromatic N) is 3. The third-order valence-electron chi connectivity index (χ3n) is 5.43. The fraction of sp³-hybridized carbons (Fsp3) is 0.318. The van der Waals surface area contributed by atoms with Crippen LogP contribution in [0.3, 0.4) is 0 Å². The second-order valence-corrected chi connectivity index (χ2v) is 12.0. The zero-order chi connectivity index (χ0) is 23.4. The Kier molecular flexibility index (Phi) is 7.42. The molecule has 4 rings (SSSR count). The van der Waals surface area contributed by atoms with Crippen molar-refractivity contribution in [2.24, 2.45) is 5.92 Å². The Morgan fingerprint density at radius 3 is 2.55 bits per heavy atom. The summed E-state index contributed by atoms with van der Waals surface area (Å²) in [5.41, 5.74) is 0.884. The van der Waals surface area contributed by atoms with Gasteiger partial charge in [0.15, 0.2) is 4.34 Å². The van der Waals surface area contributed by atoms with E-state index >= 15 is 0 Å². The molecule has 1 fully saturated rings. The summed E-state index contributed by atoms with van der Waals surface area (Å²) in [6, 6.07) is 12.4. The number of carbonyl (C=O) groups is 1. The van der Waals surface area contributed by atoms with Crippen molar-refractivity contribution < 1.29 is 17.6 Å². The van der Waals surface area contributed by atoms with Crippen molar-refractivity contribution in [3.63, 3.8) is 0 Å². The number of carbonyl (C=O) groups excluding carboxylic acids is 1. The lowest BCUT2D eigenvalue weighted by molar-refractivity contribution is 0.102. The summed E-state index contributed by atoms with van der Waals surface area (Å²) in [7, 11) is -3.56. The van der Waals surface area contributed by atoms with Crippen LogP contribution in [0, 0.1) is 11.7 Å². The molecule has 0 atom stereocenters. The Morgan fingerprint density at radius 1 is 1.15 bits per heavy atom. The van der Waals surface area contributed by atoms with Gasteiger partial charge in [-0.25, -0.2) is 12.8 Å². The lowest BCUT2D eigenvalue weighted by Crippen LogP contribution is -2.37. The van der Waals surface area contributed by atoms with Crippen molar-refractivity contribution in [3.05, 3.63) is 65.5 Å². The van der Waals surface area contributed by atoms with Gasteiger partial charge in [0.1, 0.15) is 5.82 Å². The highest BCUT2D eigenvalue weighted by Gasteiger charge is 2.28. The van der Waals surface area contributed by atoms with Crippen LogP contribution in [0.5, 0.6) is 0 Å². The minimum Gasteiger partial charge on any atom is -0.296 e. The second kappa shape index (κ2) is 10.3. The molecule has 33 heavy (non-hydrogen) atoms. The molecule has 1 aliphatic heterocycles. The molecule has 0 aliphatic carbocycles. The van der Waals surface area contributed by atoms with Gasteiger partial charge in [-0.2, -0.15) is 4.31 Å². The number of thioether (sulfide) groups is 1. The SMILES string of the molecule is CC1CCN(S(=O)(=O)c2ccc(C(=O)Nc3nnc(SCc4ccccc4F)s3)cc2)CC1. The average Bonchev–Trinajstić information content (AvgIpc) is 3.26. The van der Waals surface area contributed by atoms with E-state index in [9.17, 15) is 17.6 Å². The molecule has 11 heteroatoms. The molecule has 0 radical (unpaired) electrons. The van der Waals surface area contributed by atoms with Crippen LogP contribution in [-0.2, 0) is 15.8 Å². The topological polar surface area (TPSA) is 92.3 Å². The van der Waals surface area contributed by atoms with Crippen LogP contribution in [0.15, 0.2) is 57.8 Å². The molecule has 1 amide bonds. The van der Waals surface area contributed by atoms with Crippen molar-refractivity contribution in [1.82, 2.24) is 14.5 Å². The molecule has 1 aliphatic rings. The number of sulfonamides is 1. The highest BCUT2D eigenvalue weighted by molar-refractivity contribution is 8.00. The quantitative estimate of drug-likeness (QED) is 0.371. The van der Waals surface area contributed by atoms with Crippen LogP contribution in [0.2, 0.25) is 0 Å². The first-order valence-electron chi connectivity index (χ1n) is 10.4. The molecular weight excluding hydrogens is 483 g/mol. The molecule has 1 N–H and O–H groups in total. The van der Waals surface area contributed by atoms with Crippen LogP contribution in [0.1, 0.15) is 35.7 Å². The largest absolute Gasteiger partial charge is 0.296 e. The summed E-state index contributed by atoms with van der Waals surface area (Å²) in [5, 5.41) is 11.0. The minimum atomic E-state index is -3.56. The zero-order valence-electron chi connectivity index (χ0n) is 17.9. The minimum absolute atomic E-state index is 0.177. The number of anilines is 1. The van der Waals surface area contributed by atoms with Crippen molar-refractivity contribution in [1.29, 1.82) is 0 Å². The molecule has 2 heterocycles. The highest BCUT2D eigenvalue weighted by Crippen LogP contribution is 2.29. The average molecular weight is 507 g/mol. The van der Waals surface area contributed by atoms with Gasteiger partial charge >= 0.3 is 0 Å². The van der Waals surface area contributed by atoms with Gasteiger partial charge in [-0.3, -0.25) is 10.1 Å². The van der Waals surface area contributed by atoms with Crippen LogP contribution < -0.4 is 5.32 Å². The van der Waals surface area contributed by atoms with Gasteiger partial charge in [-0.15, -0.1) is 10.2 Å². The summed E-state index contributed by atoms with van der Waals surface area (Å²) in [5.74, 6) is 0.249. The lowest BCUT2D eigenvalue weighted by Gasteiger charge is -2.29.